The van der Waals surface area contributed by atoms with Crippen molar-refractivity contribution in [2.75, 3.05) is 20.2 Å². The van der Waals surface area contributed by atoms with Gasteiger partial charge in [-0.3, -0.25) is 4.98 Å². The standard InChI is InChI=1S/C26H32N2O/c1-29-24-13-14-26-25(20-24)22(15-16-27-26)19-23-12-6-3-7-17-28(23)18-8-11-21-9-4-2-5-10-21/h2,4-5,9-10,13-16,20,23H,3,6-8,11-12,17-19H2,1H3. The third-order valence-electron chi connectivity index (χ3n) is 6.25. The molecule has 0 N–H and O–H groups in total. The topological polar surface area (TPSA) is 25.4 Å². The minimum absolute atomic E-state index is 0.616. The molecular formula is C26H32N2O. The van der Waals surface area contributed by atoms with Gasteiger partial charge in [0.1, 0.15) is 5.75 Å². The lowest BCUT2D eigenvalue weighted by atomic mass is 9.97. The first-order chi connectivity index (χ1) is 14.3. The number of hydrogen-bond donors (Lipinski definition) is 0. The van der Waals surface area contributed by atoms with Gasteiger partial charge in [-0.2, -0.15) is 0 Å². The van der Waals surface area contributed by atoms with Crippen molar-refractivity contribution >= 4 is 10.9 Å². The Labute approximate surface area is 174 Å². The number of pyridine rings is 1. The molecule has 29 heavy (non-hydrogen) atoms. The van der Waals surface area contributed by atoms with E-state index in [1.165, 1.54) is 68.1 Å². The smallest absolute Gasteiger partial charge is 0.119 e. The van der Waals surface area contributed by atoms with Crippen LogP contribution >= 0.6 is 0 Å². The summed E-state index contributed by atoms with van der Waals surface area (Å²) in [5.74, 6) is 0.910. The summed E-state index contributed by atoms with van der Waals surface area (Å²) in [6, 6.07) is 19.9. The third-order valence-corrected chi connectivity index (χ3v) is 6.25. The molecule has 4 rings (SSSR count). The van der Waals surface area contributed by atoms with E-state index in [4.69, 9.17) is 4.74 Å². The van der Waals surface area contributed by atoms with E-state index in [9.17, 15) is 0 Å². The van der Waals surface area contributed by atoms with Gasteiger partial charge in [-0.25, -0.2) is 0 Å². The Balaban J connectivity index is 1.48. The molecule has 2 aromatic carbocycles. The van der Waals surface area contributed by atoms with Crippen molar-refractivity contribution in [3.63, 3.8) is 0 Å². The molecule has 2 heterocycles. The molecule has 0 amide bonds. The fourth-order valence-corrected chi connectivity index (χ4v) is 4.63. The molecule has 0 bridgehead atoms. The minimum Gasteiger partial charge on any atom is -0.497 e. The van der Waals surface area contributed by atoms with Crippen LogP contribution in [0.1, 0.15) is 43.2 Å². The van der Waals surface area contributed by atoms with E-state index in [2.05, 4.69) is 58.4 Å². The van der Waals surface area contributed by atoms with Crippen molar-refractivity contribution in [3.05, 3.63) is 71.9 Å². The second-order valence-corrected chi connectivity index (χ2v) is 8.19. The van der Waals surface area contributed by atoms with E-state index < -0.39 is 0 Å². The quantitative estimate of drug-likeness (QED) is 0.522. The Morgan fingerprint density at radius 1 is 1.03 bits per heavy atom. The van der Waals surface area contributed by atoms with Crippen molar-refractivity contribution in [1.29, 1.82) is 0 Å². The molecule has 1 aliphatic rings. The van der Waals surface area contributed by atoms with Gasteiger partial charge in [0.25, 0.3) is 0 Å². The van der Waals surface area contributed by atoms with Crippen LogP contribution in [0.3, 0.4) is 0 Å². The van der Waals surface area contributed by atoms with Crippen LogP contribution in [0.15, 0.2) is 60.8 Å². The van der Waals surface area contributed by atoms with Crippen LogP contribution in [-0.4, -0.2) is 36.1 Å². The Kier molecular flexibility index (Phi) is 6.79. The number of rotatable bonds is 7. The Hall–Kier alpha value is -2.39. The van der Waals surface area contributed by atoms with Crippen molar-refractivity contribution in [2.45, 2.75) is 51.0 Å². The molecule has 152 valence electrons. The number of ether oxygens (including phenoxy) is 1. The summed E-state index contributed by atoms with van der Waals surface area (Å²) in [5.41, 5.74) is 3.91. The third kappa shape index (κ3) is 5.16. The zero-order valence-electron chi connectivity index (χ0n) is 17.5. The van der Waals surface area contributed by atoms with Gasteiger partial charge in [-0.1, -0.05) is 43.2 Å². The number of nitrogens with zero attached hydrogens (tertiary/aromatic N) is 2. The lowest BCUT2D eigenvalue weighted by Gasteiger charge is -2.30. The van der Waals surface area contributed by atoms with Gasteiger partial charge in [0.05, 0.1) is 12.6 Å². The lowest BCUT2D eigenvalue weighted by molar-refractivity contribution is 0.196. The molecule has 0 saturated carbocycles. The maximum Gasteiger partial charge on any atom is 0.119 e. The van der Waals surface area contributed by atoms with Crippen molar-refractivity contribution in [3.8, 4) is 5.75 Å². The predicted octanol–water partition coefficient (Wildman–Crippen LogP) is 5.66. The van der Waals surface area contributed by atoms with Gasteiger partial charge in [0.15, 0.2) is 0 Å². The van der Waals surface area contributed by atoms with Gasteiger partial charge >= 0.3 is 0 Å². The molecule has 1 aliphatic heterocycles. The molecule has 3 aromatic rings. The first kappa shape index (κ1) is 19.9. The number of likely N-dealkylation sites (tertiary alicyclic amines) is 1. The number of aromatic nitrogens is 1. The van der Waals surface area contributed by atoms with E-state index in [1.54, 1.807) is 7.11 Å². The summed E-state index contributed by atoms with van der Waals surface area (Å²) < 4.78 is 5.47. The zero-order chi connectivity index (χ0) is 19.9. The molecule has 3 heteroatoms. The molecule has 0 radical (unpaired) electrons. The number of fused-ring (bicyclic) bond motifs is 1. The highest BCUT2D eigenvalue weighted by Crippen LogP contribution is 2.27. The fraction of sp³-hybridized carbons (Fsp3) is 0.423. The molecule has 3 nitrogen and oxygen atoms in total. The maximum atomic E-state index is 5.47. The average molecular weight is 389 g/mol. The van der Waals surface area contributed by atoms with Crippen LogP contribution in [0.2, 0.25) is 0 Å². The Bertz CT molecular complexity index is 909. The van der Waals surface area contributed by atoms with Gasteiger partial charge in [-0.15, -0.1) is 0 Å². The van der Waals surface area contributed by atoms with E-state index in [0.29, 0.717) is 6.04 Å². The average Bonchev–Trinajstić information content (AvgIpc) is 2.99. The minimum atomic E-state index is 0.616. The van der Waals surface area contributed by atoms with Crippen LogP contribution in [0.5, 0.6) is 5.75 Å². The van der Waals surface area contributed by atoms with E-state index >= 15 is 0 Å². The summed E-state index contributed by atoms with van der Waals surface area (Å²) >= 11 is 0. The fourth-order valence-electron chi connectivity index (χ4n) is 4.63. The lowest BCUT2D eigenvalue weighted by Crippen LogP contribution is -2.37. The Morgan fingerprint density at radius 2 is 1.93 bits per heavy atom. The number of hydrogen-bond acceptors (Lipinski definition) is 3. The summed E-state index contributed by atoms with van der Waals surface area (Å²) in [6.45, 7) is 2.41. The second kappa shape index (κ2) is 9.89. The van der Waals surface area contributed by atoms with E-state index in [1.807, 2.05) is 12.3 Å². The number of aryl methyl sites for hydroxylation is 1. The summed E-state index contributed by atoms with van der Waals surface area (Å²) in [7, 11) is 1.73. The molecule has 0 spiro atoms. The van der Waals surface area contributed by atoms with Gasteiger partial charge in [0.2, 0.25) is 0 Å². The van der Waals surface area contributed by atoms with E-state index in [-0.39, 0.29) is 0 Å². The molecule has 1 saturated heterocycles. The van der Waals surface area contributed by atoms with Crippen molar-refractivity contribution in [2.24, 2.45) is 0 Å². The number of benzene rings is 2. The Morgan fingerprint density at radius 3 is 2.79 bits per heavy atom. The molecule has 0 aliphatic carbocycles. The summed E-state index contributed by atoms with van der Waals surface area (Å²) in [5, 5.41) is 1.24. The SMILES string of the molecule is COc1ccc2nccc(CC3CCCCCN3CCCc3ccccc3)c2c1. The summed E-state index contributed by atoms with van der Waals surface area (Å²) in [6.07, 6.45) is 10.8. The highest BCUT2D eigenvalue weighted by molar-refractivity contribution is 5.83. The zero-order valence-corrected chi connectivity index (χ0v) is 17.5. The predicted molar refractivity (Wildman–Crippen MR) is 121 cm³/mol. The van der Waals surface area contributed by atoms with Crippen LogP contribution in [0.25, 0.3) is 10.9 Å². The molecular weight excluding hydrogens is 356 g/mol. The van der Waals surface area contributed by atoms with Crippen LogP contribution in [-0.2, 0) is 12.8 Å². The number of methoxy groups -OCH3 is 1. The molecule has 1 fully saturated rings. The molecule has 1 unspecified atom stereocenters. The van der Waals surface area contributed by atoms with Crippen molar-refractivity contribution < 1.29 is 4.74 Å². The monoisotopic (exact) mass is 388 g/mol. The van der Waals surface area contributed by atoms with Crippen molar-refractivity contribution in [1.82, 2.24) is 9.88 Å². The summed E-state index contributed by atoms with van der Waals surface area (Å²) in [4.78, 5) is 7.31. The van der Waals surface area contributed by atoms with Crippen LogP contribution in [0, 0.1) is 0 Å². The first-order valence-electron chi connectivity index (χ1n) is 11.0. The second-order valence-electron chi connectivity index (χ2n) is 8.19. The largest absolute Gasteiger partial charge is 0.497 e. The maximum absolute atomic E-state index is 5.47. The van der Waals surface area contributed by atoms with Gasteiger partial charge in [-0.05, 0) is 80.6 Å². The van der Waals surface area contributed by atoms with Crippen LogP contribution < -0.4 is 4.74 Å². The molecule has 1 atom stereocenters. The van der Waals surface area contributed by atoms with E-state index in [0.717, 1.165) is 17.7 Å². The normalized spacial score (nSPS) is 17.9. The molecule has 1 aromatic heterocycles. The van der Waals surface area contributed by atoms with Crippen LogP contribution in [0.4, 0.5) is 0 Å². The van der Waals surface area contributed by atoms with Gasteiger partial charge < -0.3 is 9.64 Å². The first-order valence-corrected chi connectivity index (χ1v) is 11.0. The highest BCUT2D eigenvalue weighted by Gasteiger charge is 2.22. The van der Waals surface area contributed by atoms with Gasteiger partial charge in [0, 0.05) is 17.6 Å². The highest BCUT2D eigenvalue weighted by atomic mass is 16.5.